The Bertz CT molecular complexity index is 278. The van der Waals surface area contributed by atoms with Gasteiger partial charge in [0, 0.05) is 0 Å². The second kappa shape index (κ2) is 6.61. The molecule has 0 radical (unpaired) electrons. The fourth-order valence-corrected chi connectivity index (χ4v) is 0.289. The quantitative estimate of drug-likeness (QED) is 0.497. The Morgan fingerprint density at radius 2 is 1.50 bits per heavy atom. The van der Waals surface area contributed by atoms with E-state index in [0.29, 0.717) is 0 Å². The highest BCUT2D eigenvalue weighted by molar-refractivity contribution is 5.84. The third-order valence-corrected chi connectivity index (χ3v) is 1.00. The predicted molar refractivity (Wildman–Crippen MR) is 43.1 cm³/mol. The molecule has 6 N–H and O–H groups in total. The van der Waals surface area contributed by atoms with Crippen LogP contribution < -0.4 is 11.5 Å². The van der Waals surface area contributed by atoms with Crippen molar-refractivity contribution < 1.29 is 37.8 Å². The van der Waals surface area contributed by atoms with Crippen LogP contribution in [0.4, 0.5) is 13.2 Å². The Kier molecular flexibility index (Phi) is 6.85. The van der Waals surface area contributed by atoms with Crippen molar-refractivity contribution in [2.45, 2.75) is 18.6 Å². The van der Waals surface area contributed by atoms with Crippen molar-refractivity contribution in [3.8, 4) is 0 Å². The topological polar surface area (TPSA) is 144 Å². The molecular formula is C6H9F3N2O5. The van der Waals surface area contributed by atoms with Crippen molar-refractivity contribution in [3.05, 3.63) is 0 Å². The lowest BCUT2D eigenvalue weighted by molar-refractivity contribution is -0.192. The van der Waals surface area contributed by atoms with E-state index in [-0.39, 0.29) is 0 Å². The number of alkyl halides is 3. The summed E-state index contributed by atoms with van der Waals surface area (Å²) < 4.78 is 31.7. The number of carbonyl (C=O) groups is 3. The van der Waals surface area contributed by atoms with Gasteiger partial charge in [-0.3, -0.25) is 9.59 Å². The first kappa shape index (κ1) is 16.6. The van der Waals surface area contributed by atoms with Gasteiger partial charge in [-0.1, -0.05) is 0 Å². The summed E-state index contributed by atoms with van der Waals surface area (Å²) in [6.07, 6.45) is -5.49. The van der Waals surface area contributed by atoms with Crippen LogP contribution in [0.1, 0.15) is 6.42 Å². The number of halogens is 3. The molecule has 0 rings (SSSR count). The zero-order valence-corrected chi connectivity index (χ0v) is 7.69. The van der Waals surface area contributed by atoms with Crippen LogP contribution in [0.25, 0.3) is 0 Å². The number of amides is 1. The van der Waals surface area contributed by atoms with Gasteiger partial charge in [0.05, 0.1) is 12.5 Å². The smallest absolute Gasteiger partial charge is 0.481 e. The number of carbonyl (C=O) groups excluding carboxylic acids is 1. The summed E-state index contributed by atoms with van der Waals surface area (Å²) in [4.78, 5) is 28.8. The van der Waals surface area contributed by atoms with Crippen molar-refractivity contribution in [2.24, 2.45) is 11.5 Å². The van der Waals surface area contributed by atoms with Crippen LogP contribution in [-0.2, 0) is 14.4 Å². The highest BCUT2D eigenvalue weighted by Gasteiger charge is 2.38. The van der Waals surface area contributed by atoms with E-state index in [2.05, 4.69) is 5.73 Å². The summed E-state index contributed by atoms with van der Waals surface area (Å²) in [5.74, 6) is -4.67. The van der Waals surface area contributed by atoms with Crippen LogP contribution in [0, 0.1) is 0 Å². The first-order valence-electron chi connectivity index (χ1n) is 3.55. The number of hydrogen-bond donors (Lipinski definition) is 4. The second-order valence-electron chi connectivity index (χ2n) is 2.41. The van der Waals surface area contributed by atoms with E-state index < -0.39 is 36.5 Å². The number of carboxylic acids is 2. The molecule has 0 heterocycles. The summed E-state index contributed by atoms with van der Waals surface area (Å²) in [5.41, 5.74) is 9.62. The van der Waals surface area contributed by atoms with Gasteiger partial charge in [-0.25, -0.2) is 4.79 Å². The Hall–Kier alpha value is -1.84. The van der Waals surface area contributed by atoms with E-state index >= 15 is 0 Å². The fraction of sp³-hybridized carbons (Fsp3) is 0.500. The molecule has 0 bridgehead atoms. The van der Waals surface area contributed by atoms with Crippen molar-refractivity contribution in [3.63, 3.8) is 0 Å². The third-order valence-electron chi connectivity index (χ3n) is 1.00. The zero-order chi connectivity index (χ0) is 13.5. The lowest BCUT2D eigenvalue weighted by atomic mass is 10.2. The van der Waals surface area contributed by atoms with Crippen LogP contribution in [-0.4, -0.2) is 40.3 Å². The van der Waals surface area contributed by atoms with E-state index in [4.69, 9.17) is 20.7 Å². The molecule has 0 aromatic carbocycles. The van der Waals surface area contributed by atoms with Gasteiger partial charge in [0.1, 0.15) is 0 Å². The second-order valence-corrected chi connectivity index (χ2v) is 2.41. The van der Waals surface area contributed by atoms with Crippen molar-refractivity contribution in [1.82, 2.24) is 0 Å². The number of primary amides is 1. The summed E-state index contributed by atoms with van der Waals surface area (Å²) in [5, 5.41) is 15.2. The molecule has 0 saturated carbocycles. The van der Waals surface area contributed by atoms with Gasteiger partial charge in [-0.05, 0) is 0 Å². The molecule has 0 saturated heterocycles. The third kappa shape index (κ3) is 10.2. The Labute approximate surface area is 86.8 Å². The molecule has 0 aliphatic rings. The largest absolute Gasteiger partial charge is 0.490 e. The van der Waals surface area contributed by atoms with Crippen molar-refractivity contribution >= 4 is 17.8 Å². The Morgan fingerprint density at radius 1 is 1.19 bits per heavy atom. The minimum absolute atomic E-state index is 0.407. The molecule has 16 heavy (non-hydrogen) atoms. The van der Waals surface area contributed by atoms with Gasteiger partial charge in [-0.15, -0.1) is 0 Å². The van der Waals surface area contributed by atoms with Gasteiger partial charge in [-0.2, -0.15) is 13.2 Å². The monoisotopic (exact) mass is 246 g/mol. The van der Waals surface area contributed by atoms with E-state index in [9.17, 15) is 22.8 Å². The molecule has 0 aromatic rings. The van der Waals surface area contributed by atoms with Gasteiger partial charge in [0.15, 0.2) is 0 Å². The van der Waals surface area contributed by atoms with Crippen molar-refractivity contribution in [2.75, 3.05) is 0 Å². The summed E-state index contributed by atoms with van der Waals surface area (Å²) in [6, 6.07) is -1.07. The van der Waals surface area contributed by atoms with Gasteiger partial charge < -0.3 is 21.7 Å². The van der Waals surface area contributed by atoms with E-state index in [1.54, 1.807) is 0 Å². The maximum absolute atomic E-state index is 10.6. The average Bonchev–Trinajstić information content (AvgIpc) is 2.01. The highest BCUT2D eigenvalue weighted by atomic mass is 19.4. The molecular weight excluding hydrogens is 237 g/mol. The molecule has 1 atom stereocenters. The average molecular weight is 246 g/mol. The number of aliphatic carboxylic acids is 2. The minimum atomic E-state index is -5.08. The van der Waals surface area contributed by atoms with Gasteiger partial charge >= 0.3 is 18.1 Å². The Balaban J connectivity index is 0. The molecule has 0 aliphatic heterocycles. The van der Waals surface area contributed by atoms with Crippen LogP contribution >= 0.6 is 0 Å². The normalized spacial score (nSPS) is 12.0. The summed E-state index contributed by atoms with van der Waals surface area (Å²) >= 11 is 0. The first-order valence-corrected chi connectivity index (χ1v) is 3.55. The zero-order valence-electron chi connectivity index (χ0n) is 7.69. The first-order chi connectivity index (χ1) is 6.98. The Morgan fingerprint density at radius 3 is 1.56 bits per heavy atom. The number of rotatable bonds is 3. The standard InChI is InChI=1S/C4H8N2O3.C2HF3O2/c5-2(4(6)9)1-3(7)8;3-2(4,5)1(6)7/h2H,1,5H2,(H2,6,9)(H,7,8);(H,6,7)/t2-;/m0./s1. The molecule has 1 amide bonds. The van der Waals surface area contributed by atoms with Crippen LogP contribution in [0.5, 0.6) is 0 Å². The predicted octanol–water partition coefficient (Wildman–Crippen LogP) is -1.09. The van der Waals surface area contributed by atoms with Crippen LogP contribution in [0.2, 0.25) is 0 Å². The molecule has 94 valence electrons. The fourth-order valence-electron chi connectivity index (χ4n) is 0.289. The van der Waals surface area contributed by atoms with Crippen LogP contribution in [0.3, 0.4) is 0 Å². The number of nitrogens with two attached hydrogens (primary N) is 2. The van der Waals surface area contributed by atoms with E-state index in [1.807, 2.05) is 0 Å². The van der Waals surface area contributed by atoms with Gasteiger partial charge in [0.25, 0.3) is 0 Å². The highest BCUT2D eigenvalue weighted by Crippen LogP contribution is 2.13. The lowest BCUT2D eigenvalue weighted by Crippen LogP contribution is -2.38. The van der Waals surface area contributed by atoms with Crippen LogP contribution in [0.15, 0.2) is 0 Å². The maximum Gasteiger partial charge on any atom is 0.490 e. The number of carboxylic acid groups (broad SMARTS) is 2. The van der Waals surface area contributed by atoms with E-state index in [0.717, 1.165) is 0 Å². The SMILES string of the molecule is NC(=O)[C@@H](N)CC(=O)O.O=C(O)C(F)(F)F. The summed E-state index contributed by atoms with van der Waals surface area (Å²) in [6.45, 7) is 0. The minimum Gasteiger partial charge on any atom is -0.481 e. The molecule has 10 heteroatoms. The van der Waals surface area contributed by atoms with Gasteiger partial charge in [0.2, 0.25) is 5.91 Å². The molecule has 0 fully saturated rings. The molecule has 7 nitrogen and oxygen atoms in total. The number of hydrogen-bond acceptors (Lipinski definition) is 4. The maximum atomic E-state index is 10.6. The lowest BCUT2D eigenvalue weighted by Gasteiger charge is -2.00. The van der Waals surface area contributed by atoms with E-state index in [1.165, 1.54) is 0 Å². The van der Waals surface area contributed by atoms with Crippen molar-refractivity contribution in [1.29, 1.82) is 0 Å². The summed E-state index contributed by atoms with van der Waals surface area (Å²) in [7, 11) is 0. The molecule has 0 aliphatic carbocycles. The molecule has 0 spiro atoms. The molecule has 0 unspecified atom stereocenters. The molecule has 0 aromatic heterocycles.